The summed E-state index contributed by atoms with van der Waals surface area (Å²) in [5.74, 6) is 1.27. The zero-order chi connectivity index (χ0) is 13.8. The Morgan fingerprint density at radius 3 is 2.85 bits per heavy atom. The van der Waals surface area contributed by atoms with Gasteiger partial charge in [-0.1, -0.05) is 0 Å². The Morgan fingerprint density at radius 1 is 1.15 bits per heavy atom. The third kappa shape index (κ3) is 3.14. The lowest BCUT2D eigenvalue weighted by atomic mass is 10.2. The van der Waals surface area contributed by atoms with Crippen LogP contribution in [0, 0.1) is 0 Å². The number of aliphatic imine (C=N–C) groups is 1. The number of aromatic nitrogens is 2. The van der Waals surface area contributed by atoms with Crippen molar-refractivity contribution in [1.82, 2.24) is 14.4 Å². The maximum absolute atomic E-state index is 4.73. The molecule has 110 valence electrons. The third-order valence-electron chi connectivity index (χ3n) is 4.18. The standard InChI is InChI=1S/C15H26N5/c1-17-12-13-18(14-17)7-2-3-8-19-10-5-11-20-9-4-6-16-15(19)20/h12-14H,2-11H2,1H3/q+1. The first-order valence-electron chi connectivity index (χ1n) is 7.88. The average molecular weight is 276 g/mol. The third-order valence-corrected chi connectivity index (χ3v) is 4.18. The van der Waals surface area contributed by atoms with Crippen molar-refractivity contribution < 1.29 is 4.57 Å². The molecule has 2 aliphatic heterocycles. The molecule has 3 heterocycles. The quantitative estimate of drug-likeness (QED) is 0.589. The van der Waals surface area contributed by atoms with E-state index in [0.717, 1.165) is 19.6 Å². The second kappa shape index (κ2) is 6.29. The highest BCUT2D eigenvalue weighted by Gasteiger charge is 2.24. The maximum atomic E-state index is 4.73. The second-order valence-electron chi connectivity index (χ2n) is 5.89. The van der Waals surface area contributed by atoms with E-state index in [1.54, 1.807) is 0 Å². The van der Waals surface area contributed by atoms with Crippen molar-refractivity contribution >= 4 is 5.96 Å². The van der Waals surface area contributed by atoms with Gasteiger partial charge in [-0.3, -0.25) is 4.99 Å². The molecule has 0 atom stereocenters. The molecule has 0 amide bonds. The Bertz CT molecular complexity index is 465. The molecule has 5 heteroatoms. The molecule has 0 saturated carbocycles. The molecule has 0 unspecified atom stereocenters. The first-order valence-corrected chi connectivity index (χ1v) is 7.88. The van der Waals surface area contributed by atoms with Crippen LogP contribution < -0.4 is 4.57 Å². The Hall–Kier alpha value is -1.52. The first-order chi connectivity index (χ1) is 9.83. The largest absolute Gasteiger partial charge is 0.343 e. The molecule has 20 heavy (non-hydrogen) atoms. The number of nitrogens with zero attached hydrogens (tertiary/aromatic N) is 5. The normalized spacial score (nSPS) is 18.9. The Balaban J connectivity index is 1.44. The van der Waals surface area contributed by atoms with Gasteiger partial charge >= 0.3 is 0 Å². The summed E-state index contributed by atoms with van der Waals surface area (Å²) in [6, 6.07) is 0. The van der Waals surface area contributed by atoms with Gasteiger partial charge in [-0.15, -0.1) is 0 Å². The molecule has 1 aromatic heterocycles. The van der Waals surface area contributed by atoms with E-state index in [1.165, 1.54) is 51.3 Å². The summed E-state index contributed by atoms with van der Waals surface area (Å²) in [5, 5.41) is 0. The Kier molecular flexibility index (Phi) is 4.23. The molecule has 1 aromatic rings. The minimum absolute atomic E-state index is 1.02. The lowest BCUT2D eigenvalue weighted by molar-refractivity contribution is -0.671. The van der Waals surface area contributed by atoms with E-state index in [-0.39, 0.29) is 0 Å². The SMILES string of the molecule is C[n+]1ccn(CCCCN2CCCN3CCCN=C23)c1. The average Bonchev–Trinajstić information content (AvgIpc) is 2.89. The predicted octanol–water partition coefficient (Wildman–Crippen LogP) is 0.860. The van der Waals surface area contributed by atoms with E-state index in [9.17, 15) is 0 Å². The van der Waals surface area contributed by atoms with E-state index in [2.05, 4.69) is 44.7 Å². The van der Waals surface area contributed by atoms with E-state index in [0.29, 0.717) is 0 Å². The van der Waals surface area contributed by atoms with Crippen LogP contribution in [0.2, 0.25) is 0 Å². The number of imidazole rings is 1. The molecule has 0 aliphatic carbocycles. The number of guanidine groups is 1. The molecule has 2 aliphatic rings. The first kappa shape index (κ1) is 13.5. The summed E-state index contributed by atoms with van der Waals surface area (Å²) in [4.78, 5) is 9.70. The summed E-state index contributed by atoms with van der Waals surface area (Å²) in [6.45, 7) is 6.88. The zero-order valence-corrected chi connectivity index (χ0v) is 12.5. The highest BCUT2D eigenvalue weighted by molar-refractivity contribution is 5.81. The molecule has 0 N–H and O–H groups in total. The van der Waals surface area contributed by atoms with Crippen molar-refractivity contribution in [3.8, 4) is 0 Å². The summed E-state index contributed by atoms with van der Waals surface area (Å²) < 4.78 is 4.36. The molecular formula is C15H26N5+. The van der Waals surface area contributed by atoms with Crippen molar-refractivity contribution in [2.24, 2.45) is 12.0 Å². The van der Waals surface area contributed by atoms with E-state index >= 15 is 0 Å². The molecule has 0 bridgehead atoms. The van der Waals surface area contributed by atoms with Crippen molar-refractivity contribution in [2.75, 3.05) is 32.7 Å². The van der Waals surface area contributed by atoms with Crippen LogP contribution in [0.4, 0.5) is 0 Å². The van der Waals surface area contributed by atoms with Crippen LogP contribution in [-0.2, 0) is 13.6 Å². The second-order valence-corrected chi connectivity index (χ2v) is 5.89. The van der Waals surface area contributed by atoms with Crippen molar-refractivity contribution in [1.29, 1.82) is 0 Å². The van der Waals surface area contributed by atoms with Gasteiger partial charge < -0.3 is 9.80 Å². The molecule has 0 aromatic carbocycles. The van der Waals surface area contributed by atoms with Crippen molar-refractivity contribution in [3.63, 3.8) is 0 Å². The molecule has 0 radical (unpaired) electrons. The van der Waals surface area contributed by atoms with Gasteiger partial charge in [-0.05, 0) is 25.7 Å². The summed E-state index contributed by atoms with van der Waals surface area (Å²) >= 11 is 0. The molecule has 3 rings (SSSR count). The van der Waals surface area contributed by atoms with Gasteiger partial charge in [0, 0.05) is 32.7 Å². The van der Waals surface area contributed by atoms with Crippen LogP contribution in [0.1, 0.15) is 25.7 Å². The van der Waals surface area contributed by atoms with Crippen LogP contribution in [0.15, 0.2) is 23.7 Å². The monoisotopic (exact) mass is 276 g/mol. The van der Waals surface area contributed by atoms with Crippen molar-refractivity contribution in [3.05, 3.63) is 18.7 Å². The van der Waals surface area contributed by atoms with Crippen LogP contribution in [0.5, 0.6) is 0 Å². The maximum Gasteiger partial charge on any atom is 0.243 e. The number of hydrogen-bond acceptors (Lipinski definition) is 3. The van der Waals surface area contributed by atoms with E-state index in [4.69, 9.17) is 4.99 Å². The number of aryl methyl sites for hydroxylation is 2. The van der Waals surface area contributed by atoms with Gasteiger partial charge in [0.1, 0.15) is 12.4 Å². The number of unbranched alkanes of at least 4 members (excludes halogenated alkanes) is 1. The van der Waals surface area contributed by atoms with E-state index < -0.39 is 0 Å². The van der Waals surface area contributed by atoms with Crippen LogP contribution >= 0.6 is 0 Å². The molecule has 1 fully saturated rings. The van der Waals surface area contributed by atoms with Gasteiger partial charge in [0.25, 0.3) is 0 Å². The van der Waals surface area contributed by atoms with Gasteiger partial charge in [0.15, 0.2) is 5.96 Å². The zero-order valence-electron chi connectivity index (χ0n) is 12.5. The highest BCUT2D eigenvalue weighted by Crippen LogP contribution is 2.14. The molecule has 0 spiro atoms. The van der Waals surface area contributed by atoms with Crippen molar-refractivity contribution in [2.45, 2.75) is 32.2 Å². The van der Waals surface area contributed by atoms with Crippen LogP contribution in [-0.4, -0.2) is 53.1 Å². The highest BCUT2D eigenvalue weighted by atomic mass is 15.4. The minimum atomic E-state index is 1.02. The van der Waals surface area contributed by atoms with Gasteiger partial charge in [0.05, 0.1) is 13.6 Å². The molecule has 5 nitrogen and oxygen atoms in total. The van der Waals surface area contributed by atoms with Gasteiger partial charge in [-0.25, -0.2) is 9.13 Å². The lowest BCUT2D eigenvalue weighted by Gasteiger charge is -2.41. The predicted molar refractivity (Wildman–Crippen MR) is 79.5 cm³/mol. The number of hydrogen-bond donors (Lipinski definition) is 0. The molecular weight excluding hydrogens is 250 g/mol. The lowest BCUT2D eigenvalue weighted by Crippen LogP contribution is -2.52. The fraction of sp³-hybridized carbons (Fsp3) is 0.733. The number of fused-ring (bicyclic) bond motifs is 1. The Morgan fingerprint density at radius 2 is 2.00 bits per heavy atom. The molecule has 1 saturated heterocycles. The van der Waals surface area contributed by atoms with Crippen LogP contribution in [0.25, 0.3) is 0 Å². The summed E-state index contributed by atoms with van der Waals surface area (Å²) in [5.41, 5.74) is 0. The fourth-order valence-electron chi connectivity index (χ4n) is 3.15. The smallest absolute Gasteiger partial charge is 0.243 e. The Labute approximate surface area is 121 Å². The van der Waals surface area contributed by atoms with Gasteiger partial charge in [-0.2, -0.15) is 0 Å². The van der Waals surface area contributed by atoms with E-state index in [1.807, 2.05) is 0 Å². The summed E-state index contributed by atoms with van der Waals surface area (Å²) in [6.07, 6.45) is 11.4. The topological polar surface area (TPSA) is 27.6 Å². The fourth-order valence-corrected chi connectivity index (χ4v) is 3.15. The minimum Gasteiger partial charge on any atom is -0.343 e. The summed E-state index contributed by atoms with van der Waals surface area (Å²) in [7, 11) is 2.07. The van der Waals surface area contributed by atoms with Gasteiger partial charge in [0.2, 0.25) is 6.33 Å². The number of rotatable bonds is 5. The van der Waals surface area contributed by atoms with Crippen LogP contribution in [0.3, 0.4) is 0 Å².